The van der Waals surface area contributed by atoms with Gasteiger partial charge in [-0.3, -0.25) is 4.79 Å². The summed E-state index contributed by atoms with van der Waals surface area (Å²) in [5.74, 6) is 0.707. The van der Waals surface area contributed by atoms with Gasteiger partial charge in [-0.15, -0.1) is 11.3 Å². The maximum absolute atomic E-state index is 12.2. The molecule has 0 atom stereocenters. The minimum Gasteiger partial charge on any atom is -0.493 e. The van der Waals surface area contributed by atoms with Gasteiger partial charge in [0.2, 0.25) is 0 Å². The van der Waals surface area contributed by atoms with Crippen LogP contribution in [0.5, 0.6) is 11.5 Å². The summed E-state index contributed by atoms with van der Waals surface area (Å²) in [7, 11) is 3.16. The van der Waals surface area contributed by atoms with Gasteiger partial charge in [-0.1, -0.05) is 11.3 Å². The molecule has 164 valence electrons. The number of thiophene rings is 1. The molecule has 3 heterocycles. The maximum atomic E-state index is 12.2. The highest BCUT2D eigenvalue weighted by atomic mass is 32.1. The topological polar surface area (TPSA) is 116 Å². The molecule has 9 nitrogen and oxygen atoms in total. The van der Waals surface area contributed by atoms with Gasteiger partial charge in [-0.2, -0.15) is 0 Å². The zero-order chi connectivity index (χ0) is 22.1. The van der Waals surface area contributed by atoms with E-state index in [0.717, 1.165) is 20.7 Å². The lowest BCUT2D eigenvalue weighted by Crippen LogP contribution is -2.36. The number of primary amides is 1. The first-order valence-corrected chi connectivity index (χ1v) is 11.2. The van der Waals surface area contributed by atoms with Crippen LogP contribution >= 0.6 is 22.7 Å². The second-order valence-electron chi connectivity index (χ2n) is 6.76. The van der Waals surface area contributed by atoms with Crippen LogP contribution in [0.15, 0.2) is 12.1 Å². The molecule has 1 aliphatic rings. The maximum Gasteiger partial charge on any atom is 0.410 e. The molecule has 0 fully saturated rings. The molecule has 3 aromatic rings. The number of ether oxygens (including phenoxy) is 3. The fraction of sp³-hybridized carbons (Fsp3) is 0.350. The van der Waals surface area contributed by atoms with E-state index in [1.807, 2.05) is 12.1 Å². The first-order chi connectivity index (χ1) is 14.9. The highest BCUT2D eigenvalue weighted by molar-refractivity contribution is 7.23. The van der Waals surface area contributed by atoms with Crippen LogP contribution in [0, 0.1) is 0 Å². The molecule has 1 aromatic carbocycles. The lowest BCUT2D eigenvalue weighted by Gasteiger charge is -2.26. The van der Waals surface area contributed by atoms with Crippen LogP contribution in [0.2, 0.25) is 0 Å². The van der Waals surface area contributed by atoms with Gasteiger partial charge in [0, 0.05) is 23.6 Å². The fourth-order valence-electron chi connectivity index (χ4n) is 3.53. The molecule has 0 spiro atoms. The third-order valence-electron chi connectivity index (χ3n) is 4.94. The Morgan fingerprint density at radius 3 is 2.65 bits per heavy atom. The molecule has 11 heteroatoms. The number of anilines is 2. The number of amides is 2. The monoisotopic (exact) mass is 462 g/mol. The summed E-state index contributed by atoms with van der Waals surface area (Å²) >= 11 is 2.84. The van der Waals surface area contributed by atoms with Gasteiger partial charge in [-0.05, 0) is 18.9 Å². The summed E-state index contributed by atoms with van der Waals surface area (Å²) in [5, 5.41) is 4.50. The Kier molecular flexibility index (Phi) is 5.88. The molecular weight excluding hydrogens is 440 g/mol. The van der Waals surface area contributed by atoms with E-state index in [9.17, 15) is 9.59 Å². The molecule has 2 amide bonds. The van der Waals surface area contributed by atoms with E-state index in [1.165, 1.54) is 22.7 Å². The van der Waals surface area contributed by atoms with Crippen molar-refractivity contribution in [1.29, 1.82) is 0 Å². The number of benzene rings is 1. The summed E-state index contributed by atoms with van der Waals surface area (Å²) in [6.45, 7) is 2.95. The molecule has 3 N–H and O–H groups in total. The second kappa shape index (κ2) is 8.60. The Morgan fingerprint density at radius 1 is 1.23 bits per heavy atom. The fourth-order valence-corrected chi connectivity index (χ4v) is 5.74. The number of carbonyl (C=O) groups is 2. The number of nitrogens with one attached hydrogen (secondary N) is 1. The van der Waals surface area contributed by atoms with E-state index in [-0.39, 0.29) is 6.09 Å². The van der Waals surface area contributed by atoms with Gasteiger partial charge in [0.15, 0.2) is 16.6 Å². The highest BCUT2D eigenvalue weighted by Crippen LogP contribution is 2.41. The Bertz CT molecular complexity index is 1120. The van der Waals surface area contributed by atoms with Crippen molar-refractivity contribution < 1.29 is 23.8 Å². The van der Waals surface area contributed by atoms with Crippen LogP contribution < -0.4 is 20.5 Å². The van der Waals surface area contributed by atoms with E-state index in [0.29, 0.717) is 53.3 Å². The van der Waals surface area contributed by atoms with Crippen molar-refractivity contribution in [2.75, 3.05) is 32.7 Å². The number of methoxy groups -OCH3 is 2. The van der Waals surface area contributed by atoms with E-state index in [4.69, 9.17) is 19.9 Å². The third kappa shape index (κ3) is 3.98. The molecule has 4 rings (SSSR count). The summed E-state index contributed by atoms with van der Waals surface area (Å²) in [6.07, 6.45) is 0.185. The lowest BCUT2D eigenvalue weighted by atomic mass is 10.0. The van der Waals surface area contributed by atoms with Crippen molar-refractivity contribution in [3.05, 3.63) is 28.1 Å². The van der Waals surface area contributed by atoms with Crippen molar-refractivity contribution in [1.82, 2.24) is 9.88 Å². The average molecular weight is 463 g/mol. The SMILES string of the molecule is CCOC(=O)N1CCc2c(sc(Nc3nc4cc(OC)c(OC)cc4s3)c2C(N)=O)C1. The minimum atomic E-state index is -0.506. The van der Waals surface area contributed by atoms with Gasteiger partial charge in [0.25, 0.3) is 5.91 Å². The predicted octanol–water partition coefficient (Wildman–Crippen LogP) is 3.73. The van der Waals surface area contributed by atoms with Crippen LogP contribution in [-0.2, 0) is 17.7 Å². The van der Waals surface area contributed by atoms with Crippen molar-refractivity contribution in [2.45, 2.75) is 19.9 Å². The predicted molar refractivity (Wildman–Crippen MR) is 120 cm³/mol. The number of hydrogen-bond donors (Lipinski definition) is 2. The molecule has 0 unspecified atom stereocenters. The summed E-state index contributed by atoms with van der Waals surface area (Å²) < 4.78 is 16.7. The lowest BCUT2D eigenvalue weighted by molar-refractivity contribution is 0.0997. The number of nitrogens with two attached hydrogens (primary N) is 1. The van der Waals surface area contributed by atoms with E-state index in [2.05, 4.69) is 10.3 Å². The quantitative estimate of drug-likeness (QED) is 0.573. The summed E-state index contributed by atoms with van der Waals surface area (Å²) in [6, 6.07) is 3.67. The second-order valence-corrected chi connectivity index (χ2v) is 8.90. The van der Waals surface area contributed by atoms with Crippen molar-refractivity contribution in [2.24, 2.45) is 5.73 Å². The Balaban J connectivity index is 1.66. The van der Waals surface area contributed by atoms with E-state index < -0.39 is 5.91 Å². The van der Waals surface area contributed by atoms with Crippen LogP contribution in [0.1, 0.15) is 27.7 Å². The number of rotatable bonds is 6. The van der Waals surface area contributed by atoms with Gasteiger partial charge in [0.05, 0.1) is 43.2 Å². The Morgan fingerprint density at radius 2 is 1.97 bits per heavy atom. The first-order valence-electron chi connectivity index (χ1n) is 9.60. The number of fused-ring (bicyclic) bond motifs is 2. The molecule has 0 saturated carbocycles. The van der Waals surface area contributed by atoms with Crippen LogP contribution in [0.25, 0.3) is 10.2 Å². The molecule has 31 heavy (non-hydrogen) atoms. The molecule has 1 aliphatic heterocycles. The normalized spacial score (nSPS) is 13.1. The van der Waals surface area contributed by atoms with Crippen molar-refractivity contribution in [3.63, 3.8) is 0 Å². The molecule has 0 bridgehead atoms. The number of aromatic nitrogens is 1. The van der Waals surface area contributed by atoms with Gasteiger partial charge in [0.1, 0.15) is 5.00 Å². The summed E-state index contributed by atoms with van der Waals surface area (Å²) in [5.41, 5.74) is 7.79. The number of carbonyl (C=O) groups excluding carboxylic acids is 2. The van der Waals surface area contributed by atoms with Gasteiger partial charge in [-0.25, -0.2) is 9.78 Å². The average Bonchev–Trinajstić information content (AvgIpc) is 3.31. The summed E-state index contributed by atoms with van der Waals surface area (Å²) in [4.78, 5) is 31.5. The number of thiazole rings is 1. The first kappa shape index (κ1) is 21.2. The molecule has 0 aliphatic carbocycles. The largest absolute Gasteiger partial charge is 0.493 e. The third-order valence-corrected chi connectivity index (χ3v) is 7.01. The van der Waals surface area contributed by atoms with Crippen molar-refractivity contribution >= 4 is 55.0 Å². The van der Waals surface area contributed by atoms with Gasteiger partial charge < -0.3 is 30.2 Å². The van der Waals surface area contributed by atoms with E-state index in [1.54, 1.807) is 26.0 Å². The smallest absolute Gasteiger partial charge is 0.410 e. The molecular formula is C20H22N4O5S2. The minimum absolute atomic E-state index is 0.319. The molecule has 2 aromatic heterocycles. The number of hydrogen-bond acceptors (Lipinski definition) is 9. The van der Waals surface area contributed by atoms with Crippen LogP contribution in [0.3, 0.4) is 0 Å². The van der Waals surface area contributed by atoms with Gasteiger partial charge >= 0.3 is 6.09 Å². The molecule has 0 saturated heterocycles. The zero-order valence-corrected chi connectivity index (χ0v) is 18.9. The number of nitrogens with zero attached hydrogens (tertiary/aromatic N) is 2. The Hall–Kier alpha value is -3.05. The highest BCUT2D eigenvalue weighted by Gasteiger charge is 2.29. The van der Waals surface area contributed by atoms with Crippen LogP contribution in [0.4, 0.5) is 14.9 Å². The zero-order valence-electron chi connectivity index (χ0n) is 17.3. The Labute approximate surface area is 186 Å². The molecule has 0 radical (unpaired) electrons. The standard InChI is InChI=1S/C20H22N4O5S2/c1-4-29-20(26)24-6-5-10-15(9-24)30-18(16(10)17(21)25)23-19-22-11-7-12(27-2)13(28-3)8-14(11)31-19/h7-8H,4-6,9H2,1-3H3,(H2,21,25)(H,22,23). The van der Waals surface area contributed by atoms with Crippen molar-refractivity contribution in [3.8, 4) is 11.5 Å². The van der Waals surface area contributed by atoms with Crippen LogP contribution in [-0.4, -0.2) is 49.3 Å². The van der Waals surface area contributed by atoms with E-state index >= 15 is 0 Å².